The Labute approximate surface area is 159 Å². The van der Waals surface area contributed by atoms with Crippen molar-refractivity contribution in [2.75, 3.05) is 13.1 Å². The molecular formula is C20H27N3O4. The van der Waals surface area contributed by atoms with Gasteiger partial charge in [-0.15, -0.1) is 0 Å². The average molecular weight is 373 g/mol. The van der Waals surface area contributed by atoms with Crippen LogP contribution < -0.4 is 10.6 Å². The molecule has 0 atom stereocenters. The molecule has 2 N–H and O–H groups in total. The minimum atomic E-state index is -0.633. The summed E-state index contributed by atoms with van der Waals surface area (Å²) in [6, 6.07) is 4.50. The molecule has 0 aromatic heterocycles. The van der Waals surface area contributed by atoms with Gasteiger partial charge in [0.1, 0.15) is 0 Å². The Balaban J connectivity index is 1.97. The zero-order chi connectivity index (χ0) is 20.2. The smallest absolute Gasteiger partial charge is 0.262 e. The molecule has 0 radical (unpaired) electrons. The highest BCUT2D eigenvalue weighted by molar-refractivity contribution is 6.22. The number of rotatable bonds is 7. The van der Waals surface area contributed by atoms with Gasteiger partial charge in [0.15, 0.2) is 0 Å². The second-order valence-electron chi connectivity index (χ2n) is 7.59. The monoisotopic (exact) mass is 373 g/mol. The number of benzene rings is 1. The van der Waals surface area contributed by atoms with Crippen molar-refractivity contribution >= 4 is 23.6 Å². The molecule has 0 fully saturated rings. The maximum atomic E-state index is 12.6. The maximum Gasteiger partial charge on any atom is 0.262 e. The summed E-state index contributed by atoms with van der Waals surface area (Å²) in [4.78, 5) is 50.1. The first-order valence-corrected chi connectivity index (χ1v) is 9.24. The predicted molar refractivity (Wildman–Crippen MR) is 102 cm³/mol. The molecule has 1 aliphatic rings. The molecule has 0 saturated carbocycles. The fourth-order valence-corrected chi connectivity index (χ4v) is 2.90. The molecule has 0 bridgehead atoms. The quantitative estimate of drug-likeness (QED) is 0.565. The Morgan fingerprint density at radius 2 is 1.63 bits per heavy atom. The van der Waals surface area contributed by atoms with E-state index < -0.39 is 5.54 Å². The summed E-state index contributed by atoms with van der Waals surface area (Å²) in [6.07, 6.45) is 2.28. The Morgan fingerprint density at radius 3 is 2.26 bits per heavy atom. The SMILES string of the molecule is CCCCC(=O)NCCNC(=O)c1ccc2c(c1)C(=O)N(C(C)(C)C)C2=O. The fourth-order valence-electron chi connectivity index (χ4n) is 2.90. The Hall–Kier alpha value is -2.70. The highest BCUT2D eigenvalue weighted by atomic mass is 16.2. The van der Waals surface area contributed by atoms with Gasteiger partial charge in [0, 0.05) is 30.6 Å². The van der Waals surface area contributed by atoms with Crippen LogP contribution in [0.3, 0.4) is 0 Å². The van der Waals surface area contributed by atoms with Gasteiger partial charge in [0.25, 0.3) is 17.7 Å². The molecule has 0 aliphatic carbocycles. The van der Waals surface area contributed by atoms with E-state index in [-0.39, 0.29) is 35.7 Å². The van der Waals surface area contributed by atoms with E-state index in [2.05, 4.69) is 10.6 Å². The van der Waals surface area contributed by atoms with E-state index in [0.29, 0.717) is 24.1 Å². The van der Waals surface area contributed by atoms with Gasteiger partial charge in [-0.25, -0.2) is 0 Å². The predicted octanol–water partition coefficient (Wildman–Crippen LogP) is 2.12. The average Bonchev–Trinajstić information content (AvgIpc) is 2.87. The van der Waals surface area contributed by atoms with E-state index in [4.69, 9.17) is 0 Å². The lowest BCUT2D eigenvalue weighted by Crippen LogP contribution is -2.45. The summed E-state index contributed by atoms with van der Waals surface area (Å²) in [7, 11) is 0. The van der Waals surface area contributed by atoms with Gasteiger partial charge in [-0.1, -0.05) is 13.3 Å². The number of carbonyl (C=O) groups is 4. The zero-order valence-corrected chi connectivity index (χ0v) is 16.3. The molecule has 0 saturated heterocycles. The molecular weight excluding hydrogens is 346 g/mol. The number of fused-ring (bicyclic) bond motifs is 1. The van der Waals surface area contributed by atoms with Crippen LogP contribution in [0.2, 0.25) is 0 Å². The van der Waals surface area contributed by atoms with E-state index in [1.165, 1.54) is 23.1 Å². The van der Waals surface area contributed by atoms with Crippen molar-refractivity contribution in [1.29, 1.82) is 0 Å². The molecule has 0 spiro atoms. The minimum Gasteiger partial charge on any atom is -0.354 e. The second kappa shape index (κ2) is 8.33. The summed E-state index contributed by atoms with van der Waals surface area (Å²) >= 11 is 0. The van der Waals surface area contributed by atoms with Gasteiger partial charge in [0.05, 0.1) is 11.1 Å². The van der Waals surface area contributed by atoms with Crippen molar-refractivity contribution in [2.24, 2.45) is 0 Å². The van der Waals surface area contributed by atoms with Crippen LogP contribution in [0.1, 0.15) is 78.0 Å². The first-order chi connectivity index (χ1) is 12.7. The number of amides is 4. The van der Waals surface area contributed by atoms with Crippen LogP contribution in [0.5, 0.6) is 0 Å². The first kappa shape index (κ1) is 20.6. The van der Waals surface area contributed by atoms with Crippen LogP contribution in [0.15, 0.2) is 18.2 Å². The molecule has 1 aromatic rings. The Morgan fingerprint density at radius 1 is 1.00 bits per heavy atom. The highest BCUT2D eigenvalue weighted by Gasteiger charge is 2.42. The highest BCUT2D eigenvalue weighted by Crippen LogP contribution is 2.29. The lowest BCUT2D eigenvalue weighted by atomic mass is 10.1. The summed E-state index contributed by atoms with van der Waals surface area (Å²) in [6.45, 7) is 8.01. The van der Waals surface area contributed by atoms with E-state index in [1.807, 2.05) is 6.92 Å². The zero-order valence-electron chi connectivity index (χ0n) is 16.3. The lowest BCUT2D eigenvalue weighted by molar-refractivity contribution is -0.121. The van der Waals surface area contributed by atoms with Gasteiger partial charge in [-0.05, 0) is 45.4 Å². The normalized spacial score (nSPS) is 13.6. The summed E-state index contributed by atoms with van der Waals surface area (Å²) in [5.41, 5.74) is 0.235. The number of imide groups is 1. The van der Waals surface area contributed by atoms with Crippen molar-refractivity contribution in [3.05, 3.63) is 34.9 Å². The van der Waals surface area contributed by atoms with Crippen molar-refractivity contribution < 1.29 is 19.2 Å². The molecule has 4 amide bonds. The third-order valence-electron chi connectivity index (χ3n) is 4.31. The van der Waals surface area contributed by atoms with Crippen LogP contribution in [-0.2, 0) is 4.79 Å². The third kappa shape index (κ3) is 4.72. The van der Waals surface area contributed by atoms with E-state index in [9.17, 15) is 19.2 Å². The van der Waals surface area contributed by atoms with Crippen molar-refractivity contribution in [2.45, 2.75) is 52.5 Å². The molecule has 2 rings (SSSR count). The number of unbranched alkanes of at least 4 members (excludes halogenated alkanes) is 1. The molecule has 146 valence electrons. The number of carbonyl (C=O) groups excluding carboxylic acids is 4. The molecule has 7 heteroatoms. The number of hydrogen-bond acceptors (Lipinski definition) is 4. The van der Waals surface area contributed by atoms with E-state index in [1.54, 1.807) is 20.8 Å². The molecule has 1 aliphatic heterocycles. The van der Waals surface area contributed by atoms with Crippen LogP contribution in [0.25, 0.3) is 0 Å². The first-order valence-electron chi connectivity index (χ1n) is 9.24. The fraction of sp³-hybridized carbons (Fsp3) is 0.500. The van der Waals surface area contributed by atoms with Gasteiger partial charge >= 0.3 is 0 Å². The summed E-state index contributed by atoms with van der Waals surface area (Å²) in [5, 5.41) is 5.45. The largest absolute Gasteiger partial charge is 0.354 e. The molecule has 1 aromatic carbocycles. The van der Waals surface area contributed by atoms with Crippen molar-refractivity contribution in [3.8, 4) is 0 Å². The standard InChI is InChI=1S/C20H27N3O4/c1-5-6-7-16(24)21-10-11-22-17(25)13-8-9-14-15(12-13)19(27)23(18(14)26)20(2,3)4/h8-9,12H,5-7,10-11H2,1-4H3,(H,21,24)(H,22,25). The van der Waals surface area contributed by atoms with Crippen LogP contribution in [0, 0.1) is 0 Å². The van der Waals surface area contributed by atoms with E-state index in [0.717, 1.165) is 12.8 Å². The maximum absolute atomic E-state index is 12.6. The van der Waals surface area contributed by atoms with Crippen molar-refractivity contribution in [3.63, 3.8) is 0 Å². The topological polar surface area (TPSA) is 95.6 Å². The van der Waals surface area contributed by atoms with E-state index >= 15 is 0 Å². The second-order valence-corrected chi connectivity index (χ2v) is 7.59. The summed E-state index contributed by atoms with van der Waals surface area (Å²) in [5.74, 6) is -1.12. The number of nitrogens with one attached hydrogen (secondary N) is 2. The van der Waals surface area contributed by atoms with Gasteiger partial charge in [-0.3, -0.25) is 24.1 Å². The van der Waals surface area contributed by atoms with Crippen molar-refractivity contribution in [1.82, 2.24) is 15.5 Å². The summed E-state index contributed by atoms with van der Waals surface area (Å²) < 4.78 is 0. The van der Waals surface area contributed by atoms with Crippen LogP contribution in [0.4, 0.5) is 0 Å². The molecule has 27 heavy (non-hydrogen) atoms. The molecule has 1 heterocycles. The minimum absolute atomic E-state index is 0.0324. The van der Waals surface area contributed by atoms with Gasteiger partial charge in [0.2, 0.25) is 5.91 Å². The number of nitrogens with zero attached hydrogens (tertiary/aromatic N) is 1. The molecule has 7 nitrogen and oxygen atoms in total. The van der Waals surface area contributed by atoms with Crippen LogP contribution in [-0.4, -0.2) is 47.2 Å². The molecule has 0 unspecified atom stereocenters. The number of hydrogen-bond donors (Lipinski definition) is 2. The Bertz CT molecular complexity index is 765. The Kier molecular flexibility index (Phi) is 6.36. The van der Waals surface area contributed by atoms with Gasteiger partial charge < -0.3 is 10.6 Å². The van der Waals surface area contributed by atoms with Crippen LogP contribution >= 0.6 is 0 Å². The lowest BCUT2D eigenvalue weighted by Gasteiger charge is -2.29. The third-order valence-corrected chi connectivity index (χ3v) is 4.31. The van der Waals surface area contributed by atoms with Gasteiger partial charge in [-0.2, -0.15) is 0 Å².